The predicted molar refractivity (Wildman–Crippen MR) is 125 cm³/mol. The minimum atomic E-state index is -0.909. The molecule has 1 N–H and O–H groups in total. The van der Waals surface area contributed by atoms with E-state index in [4.69, 9.17) is 11.6 Å². The number of allylic oxidation sites excluding steroid dienone is 2. The van der Waals surface area contributed by atoms with Gasteiger partial charge in [0.25, 0.3) is 0 Å². The van der Waals surface area contributed by atoms with E-state index in [2.05, 4.69) is 17.5 Å². The molecule has 1 heterocycles. The van der Waals surface area contributed by atoms with Gasteiger partial charge in [0.2, 0.25) is 17.7 Å². The fraction of sp³-hybridized carbons (Fsp3) is 0.370. The number of nitrogens with one attached hydrogen (secondary N) is 1. The van der Waals surface area contributed by atoms with Crippen molar-refractivity contribution in [2.45, 2.75) is 25.8 Å². The van der Waals surface area contributed by atoms with Crippen LogP contribution in [0.25, 0.3) is 0 Å². The van der Waals surface area contributed by atoms with Crippen molar-refractivity contribution in [1.82, 2.24) is 4.90 Å². The minimum absolute atomic E-state index is 0.128. The lowest BCUT2D eigenvalue weighted by atomic mass is 9.63. The molecule has 0 aromatic heterocycles. The first kappa shape index (κ1) is 20.7. The Kier molecular flexibility index (Phi) is 4.73. The van der Waals surface area contributed by atoms with Crippen molar-refractivity contribution in [1.29, 1.82) is 0 Å². The molecule has 7 atom stereocenters. The predicted octanol–water partition coefficient (Wildman–Crippen LogP) is 4.25. The Morgan fingerprint density at radius 1 is 1.03 bits per heavy atom. The van der Waals surface area contributed by atoms with Gasteiger partial charge in [0, 0.05) is 17.1 Å². The number of halogens is 1. The molecule has 0 unspecified atom stereocenters. The van der Waals surface area contributed by atoms with Crippen molar-refractivity contribution >= 4 is 35.0 Å². The molecule has 1 aliphatic heterocycles. The zero-order chi connectivity index (χ0) is 22.9. The maximum Gasteiger partial charge on any atom is 0.248 e. The van der Waals surface area contributed by atoms with E-state index in [1.807, 2.05) is 43.3 Å². The Labute approximate surface area is 197 Å². The van der Waals surface area contributed by atoms with Crippen LogP contribution in [0.4, 0.5) is 5.69 Å². The number of hydrogen-bond donors (Lipinski definition) is 1. The molecule has 5 aliphatic rings. The number of benzene rings is 2. The lowest BCUT2D eigenvalue weighted by Crippen LogP contribution is -2.49. The number of likely N-dealkylation sites (tertiary alicyclic amines) is 1. The largest absolute Gasteiger partial charge is 0.324 e. The zero-order valence-electron chi connectivity index (χ0n) is 18.3. The van der Waals surface area contributed by atoms with Crippen molar-refractivity contribution in [3.8, 4) is 0 Å². The van der Waals surface area contributed by atoms with Gasteiger partial charge in [-0.25, -0.2) is 0 Å². The number of imide groups is 1. The molecule has 6 heteroatoms. The molecule has 5 nitrogen and oxygen atoms in total. The van der Waals surface area contributed by atoms with Crippen LogP contribution in [-0.4, -0.2) is 28.7 Å². The van der Waals surface area contributed by atoms with Gasteiger partial charge in [0.1, 0.15) is 6.04 Å². The maximum atomic E-state index is 13.7. The quantitative estimate of drug-likeness (QED) is 0.535. The van der Waals surface area contributed by atoms with Crippen LogP contribution in [0.2, 0.25) is 5.02 Å². The van der Waals surface area contributed by atoms with Crippen molar-refractivity contribution in [3.63, 3.8) is 0 Å². The SMILES string of the molecule is Cc1ccc(NC(=O)[C@H](Cc2ccccc2)N2C(=O)[C@@H]3[C@@H]4C=C[C@H]([C@H]5C[C@H]45)[C@@H]3C2=O)cc1Cl. The summed E-state index contributed by atoms with van der Waals surface area (Å²) in [5.41, 5.74) is 2.36. The Balaban J connectivity index is 1.33. The van der Waals surface area contributed by atoms with E-state index in [1.165, 1.54) is 4.90 Å². The number of nitrogens with zero attached hydrogens (tertiary/aromatic N) is 1. The van der Waals surface area contributed by atoms with Gasteiger partial charge in [-0.1, -0.05) is 60.2 Å². The van der Waals surface area contributed by atoms with Crippen LogP contribution in [0.3, 0.4) is 0 Å². The Morgan fingerprint density at radius 3 is 2.27 bits per heavy atom. The molecular formula is C27H25ClN2O3. The van der Waals surface area contributed by atoms with E-state index in [0.717, 1.165) is 17.5 Å². The number of carbonyl (C=O) groups is 3. The average Bonchev–Trinajstić information content (AvgIpc) is 3.59. The van der Waals surface area contributed by atoms with Crippen LogP contribution in [-0.2, 0) is 20.8 Å². The second kappa shape index (κ2) is 7.56. The summed E-state index contributed by atoms with van der Waals surface area (Å²) in [7, 11) is 0. The second-order valence-corrected chi connectivity index (χ2v) is 10.3. The third kappa shape index (κ3) is 3.24. The monoisotopic (exact) mass is 460 g/mol. The van der Waals surface area contributed by atoms with E-state index >= 15 is 0 Å². The van der Waals surface area contributed by atoms with Crippen LogP contribution in [0.5, 0.6) is 0 Å². The van der Waals surface area contributed by atoms with Crippen LogP contribution in [0.1, 0.15) is 17.5 Å². The van der Waals surface area contributed by atoms with Gasteiger partial charge in [-0.05, 0) is 60.3 Å². The van der Waals surface area contributed by atoms with E-state index in [9.17, 15) is 14.4 Å². The van der Waals surface area contributed by atoms with Gasteiger partial charge >= 0.3 is 0 Å². The highest BCUT2D eigenvalue weighted by Crippen LogP contribution is 2.65. The first-order chi connectivity index (χ1) is 15.9. The smallest absolute Gasteiger partial charge is 0.248 e. The van der Waals surface area contributed by atoms with Crippen molar-refractivity contribution in [2.75, 3.05) is 5.32 Å². The van der Waals surface area contributed by atoms with E-state index in [1.54, 1.807) is 12.1 Å². The van der Waals surface area contributed by atoms with Gasteiger partial charge in [-0.3, -0.25) is 19.3 Å². The third-order valence-electron chi connectivity index (χ3n) is 8.02. The molecule has 33 heavy (non-hydrogen) atoms. The molecule has 2 aromatic carbocycles. The highest BCUT2D eigenvalue weighted by Gasteiger charge is 2.67. The maximum absolute atomic E-state index is 13.7. The standard InChI is InChI=1S/C27H25ClN2O3/c1-14-7-8-16(12-21(14)28)29-25(31)22(11-15-5-3-2-4-6-15)30-26(32)23-17-9-10-18(20-13-19(17)20)24(23)27(30)33/h2-10,12,17-20,22-24H,11,13H2,1H3,(H,29,31)/t17-,18-,19-,20-,22+,23-,24+/m1/s1. The molecule has 168 valence electrons. The van der Waals surface area contributed by atoms with Crippen molar-refractivity contribution in [3.05, 3.63) is 76.8 Å². The summed E-state index contributed by atoms with van der Waals surface area (Å²) in [6.45, 7) is 1.89. The molecular weight excluding hydrogens is 436 g/mol. The summed E-state index contributed by atoms with van der Waals surface area (Å²) in [5.74, 6) is -0.0917. The number of carbonyl (C=O) groups excluding carboxylic acids is 3. The molecule has 3 amide bonds. The summed E-state index contributed by atoms with van der Waals surface area (Å²) >= 11 is 6.24. The van der Waals surface area contributed by atoms with Gasteiger partial charge in [-0.2, -0.15) is 0 Å². The number of anilines is 1. The Morgan fingerprint density at radius 2 is 1.67 bits per heavy atom. The molecule has 3 fully saturated rings. The highest BCUT2D eigenvalue weighted by atomic mass is 35.5. The van der Waals surface area contributed by atoms with Crippen molar-refractivity contribution in [2.24, 2.45) is 35.5 Å². The van der Waals surface area contributed by atoms with Gasteiger partial charge in [0.05, 0.1) is 11.8 Å². The van der Waals surface area contributed by atoms with Gasteiger partial charge in [-0.15, -0.1) is 0 Å². The second-order valence-electron chi connectivity index (χ2n) is 9.86. The first-order valence-corrected chi connectivity index (χ1v) is 12.0. The zero-order valence-corrected chi connectivity index (χ0v) is 19.0. The van der Waals surface area contributed by atoms with Gasteiger partial charge < -0.3 is 5.32 Å². The van der Waals surface area contributed by atoms with Crippen LogP contribution in [0, 0.1) is 42.4 Å². The van der Waals surface area contributed by atoms with Crippen LogP contribution in [0.15, 0.2) is 60.7 Å². The van der Waals surface area contributed by atoms with Crippen LogP contribution < -0.4 is 5.32 Å². The summed E-state index contributed by atoms with van der Waals surface area (Å²) < 4.78 is 0. The van der Waals surface area contributed by atoms with E-state index in [-0.39, 0.29) is 47.8 Å². The summed E-state index contributed by atoms with van der Waals surface area (Å²) in [6, 6.07) is 13.9. The molecule has 4 aliphatic carbocycles. The molecule has 2 aromatic rings. The lowest BCUT2D eigenvalue weighted by Gasteiger charge is -2.37. The molecule has 7 rings (SSSR count). The summed E-state index contributed by atoms with van der Waals surface area (Å²) in [5, 5.41) is 3.45. The topological polar surface area (TPSA) is 66.5 Å². The van der Waals surface area contributed by atoms with Crippen LogP contribution >= 0.6 is 11.6 Å². The number of amides is 3. The average molecular weight is 461 g/mol. The molecule has 1 saturated heterocycles. The third-order valence-corrected chi connectivity index (χ3v) is 8.43. The molecule has 2 saturated carbocycles. The summed E-state index contributed by atoms with van der Waals surface area (Å²) in [6.07, 6.45) is 5.68. The normalized spacial score (nSPS) is 31.9. The Hall–Kier alpha value is -2.92. The summed E-state index contributed by atoms with van der Waals surface area (Å²) in [4.78, 5) is 42.1. The highest BCUT2D eigenvalue weighted by molar-refractivity contribution is 6.31. The van der Waals surface area contributed by atoms with E-state index in [0.29, 0.717) is 22.5 Å². The van der Waals surface area contributed by atoms with Crippen molar-refractivity contribution < 1.29 is 14.4 Å². The molecule has 0 radical (unpaired) electrons. The van der Waals surface area contributed by atoms with Gasteiger partial charge in [0.15, 0.2) is 0 Å². The molecule has 0 spiro atoms. The lowest BCUT2D eigenvalue weighted by molar-refractivity contribution is -0.146. The number of hydrogen-bond acceptors (Lipinski definition) is 3. The number of aryl methyl sites for hydroxylation is 1. The Bertz CT molecular complexity index is 1160. The fourth-order valence-electron chi connectivity index (χ4n) is 6.32. The van der Waals surface area contributed by atoms with E-state index < -0.39 is 6.04 Å². The fourth-order valence-corrected chi connectivity index (χ4v) is 6.50. The minimum Gasteiger partial charge on any atom is -0.324 e. The molecule has 2 bridgehead atoms. The first-order valence-electron chi connectivity index (χ1n) is 11.6. The number of rotatable bonds is 5.